The van der Waals surface area contributed by atoms with Gasteiger partial charge in [-0.3, -0.25) is 0 Å². The van der Waals surface area contributed by atoms with Crippen molar-refractivity contribution in [1.29, 1.82) is 5.26 Å². The second kappa shape index (κ2) is 5.55. The summed E-state index contributed by atoms with van der Waals surface area (Å²) in [7, 11) is 0. The molecule has 1 fully saturated rings. The fourth-order valence-corrected chi connectivity index (χ4v) is 2.53. The van der Waals surface area contributed by atoms with Gasteiger partial charge in [-0.15, -0.1) is 0 Å². The van der Waals surface area contributed by atoms with Crippen molar-refractivity contribution in [2.75, 3.05) is 11.4 Å². The molecule has 1 aliphatic rings. The summed E-state index contributed by atoms with van der Waals surface area (Å²) >= 11 is 0. The molecule has 0 bridgehead atoms. The zero-order chi connectivity index (χ0) is 11.2. The number of benzene rings is 1. The molecule has 0 N–H and O–H groups in total. The Morgan fingerprint density at radius 3 is 2.50 bits per heavy atom. The van der Waals surface area contributed by atoms with Crippen LogP contribution in [0.3, 0.4) is 0 Å². The lowest BCUT2D eigenvalue weighted by Crippen LogP contribution is -2.33. The first-order chi connectivity index (χ1) is 7.92. The van der Waals surface area contributed by atoms with Crippen LogP contribution in [0, 0.1) is 11.3 Å². The molecule has 2 rings (SSSR count). The Bertz CT molecular complexity index is 347. The number of nitriles is 1. The lowest BCUT2D eigenvalue weighted by molar-refractivity contribution is 0.609. The number of nitrogens with zero attached hydrogens (tertiary/aromatic N) is 2. The third kappa shape index (κ3) is 2.55. The molecule has 1 aliphatic carbocycles. The van der Waals surface area contributed by atoms with Crippen LogP contribution in [0.4, 0.5) is 5.69 Å². The van der Waals surface area contributed by atoms with Crippen LogP contribution in [0.5, 0.6) is 0 Å². The van der Waals surface area contributed by atoms with Gasteiger partial charge in [-0.1, -0.05) is 31.0 Å². The van der Waals surface area contributed by atoms with Crippen LogP contribution in [0.1, 0.15) is 32.1 Å². The van der Waals surface area contributed by atoms with Crippen molar-refractivity contribution >= 4 is 5.69 Å². The first kappa shape index (κ1) is 11.0. The molecule has 0 atom stereocenters. The van der Waals surface area contributed by atoms with Gasteiger partial charge < -0.3 is 4.90 Å². The molecule has 0 spiro atoms. The van der Waals surface area contributed by atoms with E-state index in [4.69, 9.17) is 5.26 Å². The normalized spacial score (nSPS) is 15.9. The predicted molar refractivity (Wildman–Crippen MR) is 66.3 cm³/mol. The molecule has 1 saturated carbocycles. The third-order valence-electron chi connectivity index (χ3n) is 3.32. The van der Waals surface area contributed by atoms with Crippen molar-refractivity contribution in [3.8, 4) is 6.07 Å². The summed E-state index contributed by atoms with van der Waals surface area (Å²) in [6.45, 7) is 0.866. The number of hydrogen-bond acceptors (Lipinski definition) is 2. The van der Waals surface area contributed by atoms with E-state index in [0.29, 0.717) is 12.5 Å². The van der Waals surface area contributed by atoms with Gasteiger partial charge in [0.05, 0.1) is 12.5 Å². The van der Waals surface area contributed by atoms with Crippen LogP contribution in [0.2, 0.25) is 0 Å². The highest BCUT2D eigenvalue weighted by Gasteiger charge is 2.22. The number of para-hydroxylation sites is 1. The topological polar surface area (TPSA) is 27.0 Å². The summed E-state index contributed by atoms with van der Waals surface area (Å²) in [5.41, 5.74) is 1.27. The van der Waals surface area contributed by atoms with Crippen molar-refractivity contribution in [3.63, 3.8) is 0 Å². The van der Waals surface area contributed by atoms with Crippen LogP contribution in [0.25, 0.3) is 0 Å². The van der Waals surface area contributed by atoms with Crippen molar-refractivity contribution in [2.24, 2.45) is 0 Å². The van der Waals surface area contributed by atoms with Crippen molar-refractivity contribution in [3.05, 3.63) is 30.3 Å². The molecule has 1 aromatic rings. The summed E-state index contributed by atoms with van der Waals surface area (Å²) in [5, 5.41) is 8.73. The smallest absolute Gasteiger partial charge is 0.0640 e. The zero-order valence-corrected chi connectivity index (χ0v) is 9.60. The third-order valence-corrected chi connectivity index (χ3v) is 3.32. The summed E-state index contributed by atoms with van der Waals surface area (Å²) in [6, 6.07) is 13.4. The maximum atomic E-state index is 8.73. The number of anilines is 1. The minimum atomic E-state index is 0.616. The molecule has 0 amide bonds. The quantitative estimate of drug-likeness (QED) is 0.768. The van der Waals surface area contributed by atoms with E-state index in [1.807, 2.05) is 6.07 Å². The van der Waals surface area contributed by atoms with Gasteiger partial charge in [0.25, 0.3) is 0 Å². The highest BCUT2D eigenvalue weighted by Crippen LogP contribution is 2.28. The predicted octanol–water partition coefficient (Wildman–Crippen LogP) is 3.35. The van der Waals surface area contributed by atoms with E-state index in [-0.39, 0.29) is 0 Å². The van der Waals surface area contributed by atoms with Crippen LogP contribution >= 0.6 is 0 Å². The molecule has 2 nitrogen and oxygen atoms in total. The fourth-order valence-electron chi connectivity index (χ4n) is 2.53. The highest BCUT2D eigenvalue weighted by atomic mass is 15.2. The van der Waals surface area contributed by atoms with Crippen molar-refractivity contribution in [1.82, 2.24) is 0 Å². The second-order valence-electron chi connectivity index (χ2n) is 4.38. The van der Waals surface area contributed by atoms with Gasteiger partial charge in [0.2, 0.25) is 0 Å². The molecule has 0 aromatic heterocycles. The van der Waals surface area contributed by atoms with Gasteiger partial charge >= 0.3 is 0 Å². The minimum absolute atomic E-state index is 0.616. The van der Waals surface area contributed by atoms with Crippen LogP contribution in [-0.4, -0.2) is 12.6 Å². The van der Waals surface area contributed by atoms with Gasteiger partial charge in [0, 0.05) is 18.3 Å². The van der Waals surface area contributed by atoms with E-state index < -0.39 is 0 Å². The van der Waals surface area contributed by atoms with Gasteiger partial charge in [0.1, 0.15) is 0 Å². The Morgan fingerprint density at radius 2 is 1.88 bits per heavy atom. The number of hydrogen-bond donors (Lipinski definition) is 0. The van der Waals surface area contributed by atoms with Crippen LogP contribution in [-0.2, 0) is 0 Å². The van der Waals surface area contributed by atoms with E-state index in [1.54, 1.807) is 0 Å². The molecule has 0 radical (unpaired) electrons. The highest BCUT2D eigenvalue weighted by molar-refractivity contribution is 5.47. The molecule has 0 saturated heterocycles. The molecule has 84 valence electrons. The summed E-state index contributed by atoms with van der Waals surface area (Å²) in [6.07, 6.45) is 5.84. The average molecular weight is 214 g/mol. The molecular weight excluding hydrogens is 196 g/mol. The van der Waals surface area contributed by atoms with Crippen molar-refractivity contribution in [2.45, 2.75) is 38.1 Å². The summed E-state index contributed by atoms with van der Waals surface area (Å²) in [4.78, 5) is 2.41. The largest absolute Gasteiger partial charge is 0.368 e. The molecule has 0 heterocycles. The molecular formula is C14H18N2. The first-order valence-electron chi connectivity index (χ1n) is 6.10. The van der Waals surface area contributed by atoms with E-state index in [9.17, 15) is 0 Å². The minimum Gasteiger partial charge on any atom is -0.368 e. The van der Waals surface area contributed by atoms with E-state index in [0.717, 1.165) is 6.54 Å². The lowest BCUT2D eigenvalue weighted by Gasteiger charge is -2.30. The SMILES string of the molecule is N#CCCN(c1ccccc1)C1CCCC1. The molecule has 16 heavy (non-hydrogen) atoms. The summed E-state index contributed by atoms with van der Waals surface area (Å²) < 4.78 is 0. The Hall–Kier alpha value is -1.49. The maximum Gasteiger partial charge on any atom is 0.0640 e. The van der Waals surface area contributed by atoms with E-state index in [1.165, 1.54) is 31.4 Å². The molecule has 2 heteroatoms. The number of rotatable bonds is 4. The molecule has 0 aliphatic heterocycles. The average Bonchev–Trinajstić information content (AvgIpc) is 2.85. The maximum absolute atomic E-state index is 8.73. The van der Waals surface area contributed by atoms with Crippen LogP contribution in [0.15, 0.2) is 30.3 Å². The monoisotopic (exact) mass is 214 g/mol. The van der Waals surface area contributed by atoms with Crippen LogP contribution < -0.4 is 4.90 Å². The Kier molecular flexibility index (Phi) is 3.82. The van der Waals surface area contributed by atoms with E-state index >= 15 is 0 Å². The standard InChI is InChI=1S/C14H18N2/c15-11-6-12-16(14-9-4-5-10-14)13-7-2-1-3-8-13/h1-3,7-8,14H,4-6,9-10,12H2. The lowest BCUT2D eigenvalue weighted by atomic mass is 10.1. The van der Waals surface area contributed by atoms with Gasteiger partial charge in [-0.25, -0.2) is 0 Å². The second-order valence-corrected chi connectivity index (χ2v) is 4.38. The van der Waals surface area contributed by atoms with E-state index in [2.05, 4.69) is 35.2 Å². The van der Waals surface area contributed by atoms with Gasteiger partial charge in [0.15, 0.2) is 0 Å². The van der Waals surface area contributed by atoms with Gasteiger partial charge in [-0.05, 0) is 25.0 Å². The van der Waals surface area contributed by atoms with Crippen molar-refractivity contribution < 1.29 is 0 Å². The fraction of sp³-hybridized carbons (Fsp3) is 0.500. The van der Waals surface area contributed by atoms with Gasteiger partial charge in [-0.2, -0.15) is 5.26 Å². The Balaban J connectivity index is 2.11. The first-order valence-corrected chi connectivity index (χ1v) is 6.10. The Labute approximate surface area is 97.5 Å². The molecule has 0 unspecified atom stereocenters. The molecule has 1 aromatic carbocycles. The summed E-state index contributed by atoms with van der Waals surface area (Å²) in [5.74, 6) is 0. The Morgan fingerprint density at radius 1 is 1.19 bits per heavy atom. The zero-order valence-electron chi connectivity index (χ0n) is 9.60.